The van der Waals surface area contributed by atoms with Crippen LogP contribution in [-0.2, 0) is 4.79 Å². The van der Waals surface area contributed by atoms with Crippen LogP contribution in [0.1, 0.15) is 18.1 Å². The van der Waals surface area contributed by atoms with Gasteiger partial charge in [0, 0.05) is 11.6 Å². The Balaban J connectivity index is 2.92. The fourth-order valence-corrected chi connectivity index (χ4v) is 1.69. The molecule has 0 radical (unpaired) electrons. The summed E-state index contributed by atoms with van der Waals surface area (Å²) in [5, 5.41) is 1.54. The fraction of sp³-hybridized carbons (Fsp3) is 0.167. The molecule has 70 valence electrons. The minimum absolute atomic E-state index is 0.191. The lowest BCUT2D eigenvalue weighted by atomic mass is 10.0. The summed E-state index contributed by atoms with van der Waals surface area (Å²) in [5.74, 6) is -0.191. The van der Waals surface area contributed by atoms with Gasteiger partial charge < -0.3 is 0 Å². The number of carbonyl (C=O) groups is 1. The maximum absolute atomic E-state index is 11.2. The molecule has 1 aliphatic rings. The van der Waals surface area contributed by atoms with Gasteiger partial charge >= 0.3 is 0 Å². The average molecular weight is 185 g/mol. The van der Waals surface area contributed by atoms with E-state index in [1.807, 2.05) is 26.0 Å². The number of fused-ring (bicyclic) bond motifs is 1. The maximum atomic E-state index is 11.2. The number of aryl methyl sites for hydroxylation is 1. The highest BCUT2D eigenvalue weighted by atomic mass is 16.1. The number of carbonyl (C=O) groups excluding carboxylic acids is 1. The molecule has 0 N–H and O–H groups in total. The molecule has 0 aromatic heterocycles. The number of hydrogen-bond donors (Lipinski definition) is 0. The molecule has 0 atom stereocenters. The van der Waals surface area contributed by atoms with Gasteiger partial charge in [-0.1, -0.05) is 12.6 Å². The smallest absolute Gasteiger partial charge is 0.267 e. The van der Waals surface area contributed by atoms with Crippen molar-refractivity contribution in [3.63, 3.8) is 0 Å². The first-order valence-electron chi connectivity index (χ1n) is 4.49. The fourth-order valence-electron chi connectivity index (χ4n) is 1.69. The summed E-state index contributed by atoms with van der Waals surface area (Å²) in [6, 6.07) is 3.97. The van der Waals surface area contributed by atoms with Crippen LogP contribution >= 0.6 is 0 Å². The van der Waals surface area contributed by atoms with Crippen LogP contribution < -0.4 is 10.6 Å². The Morgan fingerprint density at radius 2 is 2.00 bits per heavy atom. The molecule has 14 heavy (non-hydrogen) atoms. The van der Waals surface area contributed by atoms with Crippen molar-refractivity contribution in [3.8, 4) is 0 Å². The molecule has 2 heteroatoms. The zero-order valence-corrected chi connectivity index (χ0v) is 8.29. The number of hydrogen-bond acceptors (Lipinski definition) is 1. The summed E-state index contributed by atoms with van der Waals surface area (Å²) in [7, 11) is 0. The molecule has 0 spiro atoms. The van der Waals surface area contributed by atoms with Crippen LogP contribution in [0.5, 0.6) is 0 Å². The quantitative estimate of drug-likeness (QED) is 0.592. The lowest BCUT2D eigenvalue weighted by molar-refractivity contribution is -0.113. The molecule has 1 amide bonds. The molecule has 0 fully saturated rings. The van der Waals surface area contributed by atoms with E-state index in [2.05, 4.69) is 11.6 Å². The Morgan fingerprint density at radius 3 is 2.71 bits per heavy atom. The van der Waals surface area contributed by atoms with Crippen LogP contribution in [-0.4, -0.2) is 5.91 Å². The van der Waals surface area contributed by atoms with Gasteiger partial charge in [-0.3, -0.25) is 4.79 Å². The lowest BCUT2D eigenvalue weighted by Crippen LogP contribution is -2.30. The molecule has 0 saturated heterocycles. The van der Waals surface area contributed by atoms with Gasteiger partial charge in [-0.2, -0.15) is 0 Å². The van der Waals surface area contributed by atoms with Gasteiger partial charge in [0.1, 0.15) is 0 Å². The highest BCUT2D eigenvalue weighted by Gasteiger charge is 2.09. The zero-order chi connectivity index (χ0) is 10.3. The summed E-state index contributed by atoms with van der Waals surface area (Å²) in [4.78, 5) is 15.2. The van der Waals surface area contributed by atoms with Gasteiger partial charge in [0.2, 0.25) is 0 Å². The second kappa shape index (κ2) is 2.91. The SMILES string of the molecule is C=c1cc(C)cc2c1=NC(=O)C=C2C. The molecular formula is C12H11NO. The normalized spacial score (nSPS) is 14.4. The van der Waals surface area contributed by atoms with Crippen molar-refractivity contribution in [1.82, 2.24) is 0 Å². The van der Waals surface area contributed by atoms with E-state index in [1.165, 1.54) is 0 Å². The first-order valence-corrected chi connectivity index (χ1v) is 4.49. The average Bonchev–Trinajstić information content (AvgIpc) is 2.07. The molecule has 0 saturated carbocycles. The summed E-state index contributed by atoms with van der Waals surface area (Å²) in [6.45, 7) is 7.82. The number of nitrogens with zero attached hydrogens (tertiary/aromatic N) is 1. The van der Waals surface area contributed by atoms with Gasteiger partial charge in [-0.15, -0.1) is 0 Å². The molecule has 0 bridgehead atoms. The summed E-state index contributed by atoms with van der Waals surface area (Å²) >= 11 is 0. The molecule has 1 heterocycles. The molecule has 2 nitrogen and oxygen atoms in total. The van der Waals surface area contributed by atoms with E-state index >= 15 is 0 Å². The van der Waals surface area contributed by atoms with E-state index in [4.69, 9.17) is 0 Å². The van der Waals surface area contributed by atoms with Crippen LogP contribution in [0.25, 0.3) is 12.2 Å². The van der Waals surface area contributed by atoms with Gasteiger partial charge in [0.25, 0.3) is 5.91 Å². The molecular weight excluding hydrogens is 174 g/mol. The van der Waals surface area contributed by atoms with Crippen molar-refractivity contribution in [2.24, 2.45) is 4.99 Å². The predicted molar refractivity (Wildman–Crippen MR) is 56.1 cm³/mol. The Morgan fingerprint density at radius 1 is 1.29 bits per heavy atom. The first kappa shape index (κ1) is 8.88. The number of allylic oxidation sites excluding steroid dienone is 1. The Hall–Kier alpha value is -1.70. The highest BCUT2D eigenvalue weighted by Crippen LogP contribution is 2.12. The third-order valence-corrected chi connectivity index (χ3v) is 2.32. The van der Waals surface area contributed by atoms with E-state index in [1.54, 1.807) is 6.08 Å². The summed E-state index contributed by atoms with van der Waals surface area (Å²) < 4.78 is 0. The molecule has 1 aromatic carbocycles. The third-order valence-electron chi connectivity index (χ3n) is 2.32. The van der Waals surface area contributed by atoms with Crippen LogP contribution in [0.2, 0.25) is 0 Å². The second-order valence-corrected chi connectivity index (χ2v) is 3.60. The molecule has 1 aromatic rings. The van der Waals surface area contributed by atoms with Crippen LogP contribution in [0.15, 0.2) is 23.2 Å². The van der Waals surface area contributed by atoms with Crippen LogP contribution in [0, 0.1) is 6.92 Å². The van der Waals surface area contributed by atoms with Crippen molar-refractivity contribution in [1.29, 1.82) is 0 Å². The summed E-state index contributed by atoms with van der Waals surface area (Å²) in [6.07, 6.45) is 1.56. The van der Waals surface area contributed by atoms with Crippen molar-refractivity contribution >= 4 is 18.1 Å². The predicted octanol–water partition coefficient (Wildman–Crippen LogP) is 0.968. The minimum atomic E-state index is -0.191. The standard InChI is InChI=1S/C12H11NO/c1-7-4-9(3)12-10(5-7)8(2)6-11(14)13-12/h4-6H,3H2,1-2H3. The van der Waals surface area contributed by atoms with Crippen molar-refractivity contribution < 1.29 is 4.79 Å². The largest absolute Gasteiger partial charge is 0.270 e. The molecule has 2 rings (SSSR count). The Kier molecular flexibility index (Phi) is 1.84. The van der Waals surface area contributed by atoms with E-state index in [-0.39, 0.29) is 5.91 Å². The van der Waals surface area contributed by atoms with Gasteiger partial charge in [0.15, 0.2) is 0 Å². The maximum Gasteiger partial charge on any atom is 0.270 e. The van der Waals surface area contributed by atoms with E-state index in [0.29, 0.717) is 0 Å². The highest BCUT2D eigenvalue weighted by molar-refractivity contribution is 5.97. The first-order chi connectivity index (χ1) is 6.58. The van der Waals surface area contributed by atoms with Crippen molar-refractivity contribution in [3.05, 3.63) is 39.9 Å². The van der Waals surface area contributed by atoms with E-state index < -0.39 is 0 Å². The number of benzene rings is 1. The van der Waals surface area contributed by atoms with Crippen LogP contribution in [0.4, 0.5) is 0 Å². The third kappa shape index (κ3) is 1.29. The van der Waals surface area contributed by atoms with E-state index in [9.17, 15) is 4.79 Å². The summed E-state index contributed by atoms with van der Waals surface area (Å²) in [5.41, 5.74) is 3.13. The van der Waals surface area contributed by atoms with Crippen molar-refractivity contribution in [2.45, 2.75) is 13.8 Å². The Bertz CT molecular complexity index is 552. The van der Waals surface area contributed by atoms with E-state index in [0.717, 1.165) is 27.3 Å². The molecule has 0 unspecified atom stereocenters. The topological polar surface area (TPSA) is 29.4 Å². The number of rotatable bonds is 0. The molecule has 0 aliphatic carbocycles. The van der Waals surface area contributed by atoms with Crippen molar-refractivity contribution in [2.75, 3.05) is 0 Å². The lowest BCUT2D eigenvalue weighted by Gasteiger charge is -2.07. The van der Waals surface area contributed by atoms with Gasteiger partial charge in [0.05, 0.1) is 5.36 Å². The monoisotopic (exact) mass is 185 g/mol. The van der Waals surface area contributed by atoms with Crippen LogP contribution in [0.3, 0.4) is 0 Å². The zero-order valence-electron chi connectivity index (χ0n) is 8.29. The van der Waals surface area contributed by atoms with Gasteiger partial charge in [-0.05, 0) is 36.3 Å². The minimum Gasteiger partial charge on any atom is -0.267 e. The van der Waals surface area contributed by atoms with Gasteiger partial charge in [-0.25, -0.2) is 4.99 Å². The Labute approximate surface area is 82.3 Å². The second-order valence-electron chi connectivity index (χ2n) is 3.60. The molecule has 1 aliphatic heterocycles. The number of amides is 1.